The third-order valence-corrected chi connectivity index (χ3v) is 2.05. The third kappa shape index (κ3) is 3.77. The van der Waals surface area contributed by atoms with Gasteiger partial charge >= 0.3 is 0 Å². The molecule has 0 aromatic heterocycles. The van der Waals surface area contributed by atoms with Gasteiger partial charge in [0.1, 0.15) is 12.4 Å². The number of benzene rings is 1. The van der Waals surface area contributed by atoms with Crippen LogP contribution in [0.25, 0.3) is 0 Å². The molecule has 1 aromatic rings. The minimum atomic E-state index is -0.325. The van der Waals surface area contributed by atoms with Gasteiger partial charge in [0.15, 0.2) is 6.29 Å². The molecule has 0 aliphatic heterocycles. The molecule has 4 nitrogen and oxygen atoms in total. The lowest BCUT2D eigenvalue weighted by atomic mass is 10.3. The summed E-state index contributed by atoms with van der Waals surface area (Å²) in [5, 5.41) is 3.04. The van der Waals surface area contributed by atoms with E-state index >= 15 is 0 Å². The van der Waals surface area contributed by atoms with Crippen molar-refractivity contribution in [1.82, 2.24) is 0 Å². The second-order valence-corrected chi connectivity index (χ2v) is 2.99. The molecule has 1 rings (SSSR count). The zero-order valence-corrected chi connectivity index (χ0v) is 9.32. The fraction of sp³-hybridized carbons (Fsp3) is 0.455. The van der Waals surface area contributed by atoms with Crippen molar-refractivity contribution in [1.29, 1.82) is 0 Å². The molecule has 0 unspecified atom stereocenters. The largest absolute Gasteiger partial charge is 0.488 e. The first-order chi connectivity index (χ1) is 7.30. The number of anilines is 1. The lowest BCUT2D eigenvalue weighted by molar-refractivity contribution is -0.121. The summed E-state index contributed by atoms with van der Waals surface area (Å²) in [6.07, 6.45) is -0.325. The minimum absolute atomic E-state index is 0.325. The molecule has 0 bridgehead atoms. The number of rotatable bonds is 6. The van der Waals surface area contributed by atoms with Gasteiger partial charge in [-0.3, -0.25) is 0 Å². The van der Waals surface area contributed by atoms with Crippen LogP contribution in [0.3, 0.4) is 0 Å². The third-order valence-electron chi connectivity index (χ3n) is 2.05. The normalized spacial score (nSPS) is 10.4. The maximum atomic E-state index is 5.47. The molecular weight excluding hydrogens is 194 g/mol. The predicted molar refractivity (Wildman–Crippen MR) is 59.3 cm³/mol. The number of ether oxygens (including phenoxy) is 3. The molecule has 4 heteroatoms. The molecule has 0 fully saturated rings. The van der Waals surface area contributed by atoms with Gasteiger partial charge in [-0.1, -0.05) is 0 Å². The second kappa shape index (κ2) is 6.27. The van der Waals surface area contributed by atoms with Gasteiger partial charge in [0, 0.05) is 27.0 Å². The van der Waals surface area contributed by atoms with E-state index in [0.29, 0.717) is 6.61 Å². The summed E-state index contributed by atoms with van der Waals surface area (Å²) >= 11 is 0. The van der Waals surface area contributed by atoms with Crippen molar-refractivity contribution in [3.8, 4) is 5.75 Å². The van der Waals surface area contributed by atoms with Crippen molar-refractivity contribution in [2.75, 3.05) is 33.2 Å². The molecule has 1 aromatic carbocycles. The molecule has 84 valence electrons. The van der Waals surface area contributed by atoms with Crippen LogP contribution in [0.5, 0.6) is 5.75 Å². The smallest absolute Gasteiger partial charge is 0.191 e. The molecule has 1 N–H and O–H groups in total. The Bertz CT molecular complexity index is 270. The summed E-state index contributed by atoms with van der Waals surface area (Å²) in [4.78, 5) is 0. The molecule has 0 aliphatic carbocycles. The van der Waals surface area contributed by atoms with E-state index in [1.165, 1.54) is 0 Å². The molecule has 0 saturated carbocycles. The Morgan fingerprint density at radius 2 is 1.73 bits per heavy atom. The van der Waals surface area contributed by atoms with Gasteiger partial charge in [-0.05, 0) is 24.3 Å². The van der Waals surface area contributed by atoms with Gasteiger partial charge in [0.25, 0.3) is 0 Å². The van der Waals surface area contributed by atoms with Gasteiger partial charge < -0.3 is 19.5 Å². The summed E-state index contributed by atoms with van der Waals surface area (Å²) in [7, 11) is 5.05. The van der Waals surface area contributed by atoms with Gasteiger partial charge in [-0.15, -0.1) is 0 Å². The minimum Gasteiger partial charge on any atom is -0.488 e. The average Bonchev–Trinajstić information content (AvgIpc) is 2.31. The zero-order chi connectivity index (χ0) is 11.1. The van der Waals surface area contributed by atoms with Crippen LogP contribution in [-0.2, 0) is 9.47 Å². The van der Waals surface area contributed by atoms with E-state index in [4.69, 9.17) is 14.2 Å². The van der Waals surface area contributed by atoms with Gasteiger partial charge in [0.2, 0.25) is 0 Å². The van der Waals surface area contributed by atoms with Crippen molar-refractivity contribution < 1.29 is 14.2 Å². The maximum absolute atomic E-state index is 5.47. The molecule has 0 spiro atoms. The molecule has 0 saturated heterocycles. The number of hydrogen-bond acceptors (Lipinski definition) is 4. The van der Waals surface area contributed by atoms with Gasteiger partial charge in [-0.25, -0.2) is 0 Å². The lowest BCUT2D eigenvalue weighted by Crippen LogP contribution is -2.21. The first-order valence-electron chi connectivity index (χ1n) is 4.76. The highest BCUT2D eigenvalue weighted by molar-refractivity contribution is 5.45. The van der Waals surface area contributed by atoms with E-state index < -0.39 is 0 Å². The Morgan fingerprint density at radius 1 is 1.13 bits per heavy atom. The average molecular weight is 211 g/mol. The monoisotopic (exact) mass is 211 g/mol. The summed E-state index contributed by atoms with van der Waals surface area (Å²) in [6.45, 7) is 0.381. The van der Waals surface area contributed by atoms with Crippen molar-refractivity contribution in [3.05, 3.63) is 24.3 Å². The number of nitrogens with one attached hydrogen (secondary N) is 1. The Balaban J connectivity index is 2.43. The standard InChI is InChI=1S/C11H17NO3/c1-12-9-4-6-10(7-5-9)15-8-11(13-2)14-3/h4-7,11-12H,8H2,1-3H3. The first kappa shape index (κ1) is 11.8. The molecule has 0 atom stereocenters. The summed E-state index contributed by atoms with van der Waals surface area (Å²) in [6, 6.07) is 7.69. The van der Waals surface area contributed by atoms with Crippen LogP contribution in [0.4, 0.5) is 5.69 Å². The summed E-state index contributed by atoms with van der Waals surface area (Å²) in [5.74, 6) is 0.799. The Labute approximate surface area is 90.1 Å². The molecule has 0 aliphatic rings. The van der Waals surface area contributed by atoms with Crippen LogP contribution >= 0.6 is 0 Å². The SMILES string of the molecule is CNc1ccc(OCC(OC)OC)cc1. The van der Waals surface area contributed by atoms with Gasteiger partial charge in [-0.2, -0.15) is 0 Å². The van der Waals surface area contributed by atoms with Crippen LogP contribution in [0, 0.1) is 0 Å². The molecule has 0 heterocycles. The van der Waals surface area contributed by atoms with E-state index in [9.17, 15) is 0 Å². The van der Waals surface area contributed by atoms with Crippen molar-refractivity contribution in [3.63, 3.8) is 0 Å². The predicted octanol–water partition coefficient (Wildman–Crippen LogP) is 1.73. The number of hydrogen-bond donors (Lipinski definition) is 1. The van der Waals surface area contributed by atoms with Crippen LogP contribution in [-0.4, -0.2) is 34.2 Å². The Morgan fingerprint density at radius 3 is 2.20 bits per heavy atom. The lowest BCUT2D eigenvalue weighted by Gasteiger charge is -2.14. The second-order valence-electron chi connectivity index (χ2n) is 2.99. The van der Waals surface area contributed by atoms with Gasteiger partial charge in [0.05, 0.1) is 0 Å². The van der Waals surface area contributed by atoms with Crippen LogP contribution in [0.2, 0.25) is 0 Å². The number of methoxy groups -OCH3 is 2. The summed E-state index contributed by atoms with van der Waals surface area (Å²) < 4.78 is 15.5. The van der Waals surface area contributed by atoms with E-state index in [2.05, 4.69) is 5.32 Å². The van der Waals surface area contributed by atoms with Crippen LogP contribution < -0.4 is 10.1 Å². The zero-order valence-electron chi connectivity index (χ0n) is 9.32. The fourth-order valence-corrected chi connectivity index (χ4v) is 1.11. The molecular formula is C11H17NO3. The van der Waals surface area contributed by atoms with E-state index in [1.54, 1.807) is 14.2 Å². The van der Waals surface area contributed by atoms with Crippen LogP contribution in [0.15, 0.2) is 24.3 Å². The maximum Gasteiger partial charge on any atom is 0.191 e. The summed E-state index contributed by atoms with van der Waals surface area (Å²) in [5.41, 5.74) is 1.05. The van der Waals surface area contributed by atoms with E-state index in [-0.39, 0.29) is 6.29 Å². The first-order valence-corrected chi connectivity index (χ1v) is 4.76. The highest BCUT2D eigenvalue weighted by Gasteiger charge is 2.05. The van der Waals surface area contributed by atoms with E-state index in [0.717, 1.165) is 11.4 Å². The molecule has 15 heavy (non-hydrogen) atoms. The van der Waals surface area contributed by atoms with Crippen molar-refractivity contribution >= 4 is 5.69 Å². The van der Waals surface area contributed by atoms with Crippen molar-refractivity contribution in [2.45, 2.75) is 6.29 Å². The highest BCUT2D eigenvalue weighted by Crippen LogP contribution is 2.15. The quantitative estimate of drug-likeness (QED) is 0.727. The highest BCUT2D eigenvalue weighted by atomic mass is 16.7. The molecule has 0 radical (unpaired) electrons. The Hall–Kier alpha value is -1.26. The molecule has 0 amide bonds. The topological polar surface area (TPSA) is 39.7 Å². The Kier molecular flexibility index (Phi) is 4.93. The van der Waals surface area contributed by atoms with Crippen LogP contribution in [0.1, 0.15) is 0 Å². The van der Waals surface area contributed by atoms with E-state index in [1.807, 2.05) is 31.3 Å². The fourth-order valence-electron chi connectivity index (χ4n) is 1.11. The van der Waals surface area contributed by atoms with Crippen molar-refractivity contribution in [2.24, 2.45) is 0 Å².